The maximum absolute atomic E-state index is 12.2. The smallest absolute Gasteiger partial charge is 0.328 e. The Kier molecular flexibility index (Phi) is 8.87. The fourth-order valence-electron chi connectivity index (χ4n) is 1.94. The Morgan fingerprint density at radius 1 is 1.25 bits per heavy atom. The van der Waals surface area contributed by atoms with Crippen LogP contribution < -0.4 is 28.1 Å². The SMILES string of the molecule is NC(N)=NCCC[C@H](NC(=O)CN[NH3+])C(=O)OCc1ccccc1. The molecule has 0 fully saturated rings. The molecule has 1 atom stereocenters. The van der Waals surface area contributed by atoms with Crippen LogP contribution in [0, 0.1) is 0 Å². The summed E-state index contributed by atoms with van der Waals surface area (Å²) in [5.74, 6) is 2.53. The third kappa shape index (κ3) is 8.11. The topological polar surface area (TPSA) is 159 Å². The average molecular weight is 337 g/mol. The van der Waals surface area contributed by atoms with Gasteiger partial charge in [0.15, 0.2) is 5.96 Å². The van der Waals surface area contributed by atoms with Crippen molar-refractivity contribution in [3.63, 3.8) is 0 Å². The van der Waals surface area contributed by atoms with Gasteiger partial charge in [0.1, 0.15) is 19.2 Å². The Bertz CT molecular complexity index is 545. The Morgan fingerprint density at radius 2 is 1.96 bits per heavy atom. The van der Waals surface area contributed by atoms with E-state index in [4.69, 9.17) is 16.2 Å². The molecule has 0 aliphatic carbocycles. The van der Waals surface area contributed by atoms with Crippen molar-refractivity contribution in [2.45, 2.75) is 25.5 Å². The van der Waals surface area contributed by atoms with Crippen LogP contribution in [0.5, 0.6) is 0 Å². The lowest BCUT2D eigenvalue weighted by Crippen LogP contribution is -2.67. The van der Waals surface area contributed by atoms with Crippen molar-refractivity contribution in [2.75, 3.05) is 13.1 Å². The number of amides is 1. The molecule has 24 heavy (non-hydrogen) atoms. The summed E-state index contributed by atoms with van der Waals surface area (Å²) >= 11 is 0. The number of guanidine groups is 1. The number of quaternary nitrogens is 1. The minimum absolute atomic E-state index is 0.0103. The molecule has 0 heterocycles. The van der Waals surface area contributed by atoms with E-state index < -0.39 is 12.0 Å². The minimum Gasteiger partial charge on any atom is -0.459 e. The summed E-state index contributed by atoms with van der Waals surface area (Å²) in [5, 5.41) is 2.62. The second-order valence-corrected chi connectivity index (χ2v) is 5.09. The molecule has 0 spiro atoms. The molecule has 9 nitrogen and oxygen atoms in total. The average Bonchev–Trinajstić information content (AvgIpc) is 2.56. The van der Waals surface area contributed by atoms with E-state index in [-0.39, 0.29) is 25.0 Å². The van der Waals surface area contributed by atoms with E-state index in [1.807, 2.05) is 30.3 Å². The van der Waals surface area contributed by atoms with Gasteiger partial charge in [-0.2, -0.15) is 5.43 Å². The zero-order chi connectivity index (χ0) is 17.8. The first kappa shape index (κ1) is 19.4. The van der Waals surface area contributed by atoms with Crippen LogP contribution in [0.15, 0.2) is 35.3 Å². The number of ether oxygens (including phenoxy) is 1. The molecule has 1 rings (SSSR count). The van der Waals surface area contributed by atoms with Gasteiger partial charge in [-0.1, -0.05) is 30.3 Å². The fourth-order valence-corrected chi connectivity index (χ4v) is 1.94. The summed E-state index contributed by atoms with van der Waals surface area (Å²) in [6.45, 7) is 0.526. The molecule has 0 unspecified atom stereocenters. The molecular formula is C15H25N6O3+. The van der Waals surface area contributed by atoms with Gasteiger partial charge >= 0.3 is 5.97 Å². The molecule has 0 aromatic heterocycles. The Hall–Kier alpha value is -2.65. The van der Waals surface area contributed by atoms with Crippen LogP contribution in [0.25, 0.3) is 0 Å². The van der Waals surface area contributed by atoms with Crippen LogP contribution in [0.2, 0.25) is 0 Å². The van der Waals surface area contributed by atoms with Crippen molar-refractivity contribution in [1.82, 2.24) is 10.7 Å². The molecule has 132 valence electrons. The maximum atomic E-state index is 12.2. The predicted molar refractivity (Wildman–Crippen MR) is 89.0 cm³/mol. The highest BCUT2D eigenvalue weighted by Gasteiger charge is 2.22. The van der Waals surface area contributed by atoms with E-state index in [0.717, 1.165) is 5.56 Å². The number of esters is 1. The zero-order valence-corrected chi connectivity index (χ0v) is 13.5. The normalized spacial score (nSPS) is 11.4. The number of nitrogens with zero attached hydrogens (tertiary/aromatic N) is 1. The Morgan fingerprint density at radius 3 is 2.58 bits per heavy atom. The lowest BCUT2D eigenvalue weighted by atomic mass is 10.1. The van der Waals surface area contributed by atoms with Crippen LogP contribution >= 0.6 is 0 Å². The molecule has 0 saturated carbocycles. The fraction of sp³-hybridized carbons (Fsp3) is 0.400. The lowest BCUT2D eigenvalue weighted by Gasteiger charge is -2.17. The molecule has 0 saturated heterocycles. The molecule has 1 aromatic rings. The summed E-state index contributed by atoms with van der Waals surface area (Å²) in [4.78, 5) is 27.8. The van der Waals surface area contributed by atoms with Crippen LogP contribution in [0.1, 0.15) is 18.4 Å². The zero-order valence-electron chi connectivity index (χ0n) is 13.5. The van der Waals surface area contributed by atoms with Crippen molar-refractivity contribution in [3.8, 4) is 0 Å². The highest BCUT2D eigenvalue weighted by atomic mass is 16.5. The number of nitrogens with one attached hydrogen (secondary N) is 2. The molecule has 0 aliphatic rings. The van der Waals surface area contributed by atoms with Crippen molar-refractivity contribution >= 4 is 17.8 Å². The Labute approximate surface area is 140 Å². The third-order valence-electron chi connectivity index (χ3n) is 3.07. The summed E-state index contributed by atoms with van der Waals surface area (Å²) < 4.78 is 5.27. The maximum Gasteiger partial charge on any atom is 0.328 e. The van der Waals surface area contributed by atoms with Crippen molar-refractivity contribution in [2.24, 2.45) is 16.5 Å². The summed E-state index contributed by atoms with van der Waals surface area (Å²) in [6, 6.07) is 8.54. The van der Waals surface area contributed by atoms with Crippen molar-refractivity contribution < 1.29 is 20.2 Å². The number of hydrogen-bond donors (Lipinski definition) is 5. The van der Waals surface area contributed by atoms with Gasteiger partial charge in [0.2, 0.25) is 5.91 Å². The number of rotatable bonds is 10. The standard InChI is InChI=1S/C15H24N6O3/c16-15(17)19-8-4-7-12(21-13(22)9-20-18)14(23)24-10-11-5-2-1-3-6-11/h1-3,5-6,12,20H,4,7-10,18H2,(H,21,22)(H4,16,17,19)/p+1/t12-/m0/s1. The lowest BCUT2D eigenvalue weighted by molar-refractivity contribution is -0.440. The van der Waals surface area contributed by atoms with E-state index in [9.17, 15) is 9.59 Å². The molecule has 0 radical (unpaired) electrons. The minimum atomic E-state index is -0.760. The van der Waals surface area contributed by atoms with E-state index in [2.05, 4.69) is 21.6 Å². The first-order valence-corrected chi connectivity index (χ1v) is 7.58. The van der Waals surface area contributed by atoms with Crippen LogP contribution in [0.4, 0.5) is 0 Å². The van der Waals surface area contributed by atoms with Gasteiger partial charge in [-0.15, -0.1) is 0 Å². The highest BCUT2D eigenvalue weighted by molar-refractivity contribution is 5.85. The number of carbonyl (C=O) groups excluding carboxylic acids is 2. The molecule has 9 heteroatoms. The first-order chi connectivity index (χ1) is 11.5. The van der Waals surface area contributed by atoms with Gasteiger partial charge < -0.3 is 21.5 Å². The highest BCUT2D eigenvalue weighted by Crippen LogP contribution is 2.05. The first-order valence-electron chi connectivity index (χ1n) is 7.58. The van der Waals surface area contributed by atoms with Gasteiger partial charge in [0, 0.05) is 6.54 Å². The van der Waals surface area contributed by atoms with Gasteiger partial charge in [-0.3, -0.25) is 15.6 Å². The van der Waals surface area contributed by atoms with E-state index in [1.54, 1.807) is 0 Å². The number of nitrogens with two attached hydrogens (primary N) is 2. The molecule has 0 bridgehead atoms. The second kappa shape index (κ2) is 11.0. The van der Waals surface area contributed by atoms with Gasteiger partial charge in [-0.25, -0.2) is 4.79 Å². The second-order valence-electron chi connectivity index (χ2n) is 5.09. The summed E-state index contributed by atoms with van der Waals surface area (Å²) in [5.41, 5.74) is 13.9. The van der Waals surface area contributed by atoms with E-state index in [1.165, 1.54) is 0 Å². The number of benzene rings is 1. The molecule has 0 aliphatic heterocycles. The molecule has 9 N–H and O–H groups in total. The van der Waals surface area contributed by atoms with Gasteiger partial charge in [-0.05, 0) is 18.4 Å². The van der Waals surface area contributed by atoms with Crippen molar-refractivity contribution in [1.29, 1.82) is 0 Å². The number of aliphatic imine (C=N–C) groups is 1. The van der Waals surface area contributed by atoms with Crippen LogP contribution in [-0.4, -0.2) is 37.0 Å². The van der Waals surface area contributed by atoms with Gasteiger partial charge in [0.05, 0.1) is 0 Å². The monoisotopic (exact) mass is 337 g/mol. The van der Waals surface area contributed by atoms with Crippen LogP contribution in [0.3, 0.4) is 0 Å². The Balaban J connectivity index is 2.55. The van der Waals surface area contributed by atoms with Gasteiger partial charge in [0.25, 0.3) is 0 Å². The summed E-state index contributed by atoms with van der Waals surface area (Å²) in [6.07, 6.45) is 0.897. The van der Waals surface area contributed by atoms with Crippen LogP contribution in [-0.2, 0) is 20.9 Å². The third-order valence-corrected chi connectivity index (χ3v) is 3.07. The van der Waals surface area contributed by atoms with E-state index in [0.29, 0.717) is 19.4 Å². The molecular weight excluding hydrogens is 312 g/mol. The number of carbonyl (C=O) groups is 2. The predicted octanol–water partition coefficient (Wildman–Crippen LogP) is -1.99. The summed E-state index contributed by atoms with van der Waals surface area (Å²) in [7, 11) is 0. The largest absolute Gasteiger partial charge is 0.459 e. The quantitative estimate of drug-likeness (QED) is 0.109. The van der Waals surface area contributed by atoms with E-state index >= 15 is 0 Å². The number of hydrogen-bond acceptors (Lipinski definition) is 5. The van der Waals surface area contributed by atoms with Crippen molar-refractivity contribution in [3.05, 3.63) is 35.9 Å². The molecule has 1 aromatic carbocycles. The molecule has 1 amide bonds.